The van der Waals surface area contributed by atoms with Crippen molar-refractivity contribution >= 4 is 49.8 Å². The SMILES string of the molecule is Nc1ccc(I)cc1-c1nc2cc(F)ccc2s1. The van der Waals surface area contributed by atoms with Gasteiger partial charge >= 0.3 is 0 Å². The summed E-state index contributed by atoms with van der Waals surface area (Å²) >= 11 is 3.75. The maximum absolute atomic E-state index is 13.1. The maximum atomic E-state index is 13.1. The van der Waals surface area contributed by atoms with E-state index in [1.54, 1.807) is 6.07 Å². The number of anilines is 1. The lowest BCUT2D eigenvalue weighted by Crippen LogP contribution is -1.89. The molecule has 18 heavy (non-hydrogen) atoms. The van der Waals surface area contributed by atoms with Crippen LogP contribution in [0.5, 0.6) is 0 Å². The fourth-order valence-corrected chi connectivity index (χ4v) is 3.20. The molecule has 0 unspecified atom stereocenters. The van der Waals surface area contributed by atoms with Crippen LogP contribution in [0.3, 0.4) is 0 Å². The highest BCUT2D eigenvalue weighted by Gasteiger charge is 2.10. The second-order valence-corrected chi connectivity index (χ2v) is 6.14. The average molecular weight is 370 g/mol. The molecule has 0 aliphatic heterocycles. The van der Waals surface area contributed by atoms with Crippen molar-refractivity contribution in [3.63, 3.8) is 0 Å². The van der Waals surface area contributed by atoms with Crippen molar-refractivity contribution in [2.75, 3.05) is 5.73 Å². The minimum Gasteiger partial charge on any atom is -0.398 e. The summed E-state index contributed by atoms with van der Waals surface area (Å²) in [5.41, 5.74) is 8.23. The summed E-state index contributed by atoms with van der Waals surface area (Å²) < 4.78 is 15.2. The first-order valence-corrected chi connectivity index (χ1v) is 7.14. The van der Waals surface area contributed by atoms with Gasteiger partial charge in [-0.3, -0.25) is 0 Å². The smallest absolute Gasteiger partial charge is 0.126 e. The van der Waals surface area contributed by atoms with Crippen molar-refractivity contribution in [1.82, 2.24) is 4.98 Å². The summed E-state index contributed by atoms with van der Waals surface area (Å²) in [6.07, 6.45) is 0. The zero-order valence-corrected chi connectivity index (χ0v) is 12.1. The van der Waals surface area contributed by atoms with Gasteiger partial charge in [0.05, 0.1) is 10.2 Å². The molecule has 0 saturated carbocycles. The van der Waals surface area contributed by atoms with Crippen LogP contribution in [0.25, 0.3) is 20.8 Å². The Morgan fingerprint density at radius 2 is 2.00 bits per heavy atom. The predicted octanol–water partition coefficient (Wildman–Crippen LogP) is 4.29. The van der Waals surface area contributed by atoms with Gasteiger partial charge in [0.2, 0.25) is 0 Å². The van der Waals surface area contributed by atoms with Gasteiger partial charge < -0.3 is 5.73 Å². The van der Waals surface area contributed by atoms with E-state index in [1.165, 1.54) is 23.5 Å². The first-order chi connectivity index (χ1) is 8.63. The molecule has 0 aliphatic carbocycles. The molecule has 0 spiro atoms. The fraction of sp³-hybridized carbons (Fsp3) is 0. The highest BCUT2D eigenvalue weighted by atomic mass is 127. The Morgan fingerprint density at radius 3 is 2.83 bits per heavy atom. The topological polar surface area (TPSA) is 38.9 Å². The van der Waals surface area contributed by atoms with E-state index in [4.69, 9.17) is 5.73 Å². The first kappa shape index (κ1) is 11.9. The van der Waals surface area contributed by atoms with E-state index in [0.717, 1.165) is 18.8 Å². The van der Waals surface area contributed by atoms with Gasteiger partial charge in [-0.15, -0.1) is 11.3 Å². The molecule has 2 nitrogen and oxygen atoms in total. The van der Waals surface area contributed by atoms with Gasteiger partial charge in [-0.05, 0) is 52.9 Å². The molecule has 3 aromatic rings. The number of rotatable bonds is 1. The van der Waals surface area contributed by atoms with Gasteiger partial charge in [-0.25, -0.2) is 9.37 Å². The standard InChI is InChI=1S/C13H8FIN2S/c14-7-1-4-12-11(5-7)17-13(18-12)9-6-8(15)2-3-10(9)16/h1-6H,16H2. The number of hydrogen-bond acceptors (Lipinski definition) is 3. The molecule has 0 saturated heterocycles. The van der Waals surface area contributed by atoms with Gasteiger partial charge in [-0.2, -0.15) is 0 Å². The van der Waals surface area contributed by atoms with Crippen molar-refractivity contribution in [2.24, 2.45) is 0 Å². The highest BCUT2D eigenvalue weighted by molar-refractivity contribution is 14.1. The quantitative estimate of drug-likeness (QED) is 0.513. The summed E-state index contributed by atoms with van der Waals surface area (Å²) in [4.78, 5) is 4.44. The fourth-order valence-electron chi connectivity index (χ4n) is 1.73. The third-order valence-electron chi connectivity index (χ3n) is 2.60. The van der Waals surface area contributed by atoms with Crippen LogP contribution in [-0.2, 0) is 0 Å². The summed E-state index contributed by atoms with van der Waals surface area (Å²) in [6, 6.07) is 10.4. The minimum absolute atomic E-state index is 0.269. The second-order valence-electron chi connectivity index (χ2n) is 3.86. The van der Waals surface area contributed by atoms with Crippen LogP contribution in [0.4, 0.5) is 10.1 Å². The number of thiazole rings is 1. The Balaban J connectivity index is 2.22. The van der Waals surface area contributed by atoms with Crippen molar-refractivity contribution in [2.45, 2.75) is 0 Å². The molecule has 0 fully saturated rings. The van der Waals surface area contributed by atoms with Crippen LogP contribution in [0, 0.1) is 9.39 Å². The van der Waals surface area contributed by atoms with Gasteiger partial charge in [0.1, 0.15) is 10.8 Å². The predicted molar refractivity (Wildman–Crippen MR) is 82.1 cm³/mol. The van der Waals surface area contributed by atoms with Crippen molar-refractivity contribution < 1.29 is 4.39 Å². The van der Waals surface area contributed by atoms with Gasteiger partial charge in [0.25, 0.3) is 0 Å². The van der Waals surface area contributed by atoms with Crippen molar-refractivity contribution in [3.8, 4) is 10.6 Å². The number of nitrogen functional groups attached to an aromatic ring is 1. The first-order valence-electron chi connectivity index (χ1n) is 5.25. The summed E-state index contributed by atoms with van der Waals surface area (Å²) in [5, 5.41) is 0.826. The van der Waals surface area contributed by atoms with Gasteiger partial charge in [-0.1, -0.05) is 0 Å². The lowest BCUT2D eigenvalue weighted by molar-refractivity contribution is 0.629. The van der Waals surface area contributed by atoms with Crippen molar-refractivity contribution in [1.29, 1.82) is 0 Å². The maximum Gasteiger partial charge on any atom is 0.126 e. The number of fused-ring (bicyclic) bond motifs is 1. The van der Waals surface area contributed by atoms with Crippen LogP contribution in [0.15, 0.2) is 36.4 Å². The Hall–Kier alpha value is -1.21. The largest absolute Gasteiger partial charge is 0.398 e. The molecule has 0 bridgehead atoms. The molecule has 2 N–H and O–H groups in total. The van der Waals surface area contributed by atoms with Crippen LogP contribution < -0.4 is 5.73 Å². The van der Waals surface area contributed by atoms with Crippen LogP contribution in [0.2, 0.25) is 0 Å². The Labute approximate surface area is 121 Å². The monoisotopic (exact) mass is 370 g/mol. The van der Waals surface area contributed by atoms with E-state index >= 15 is 0 Å². The van der Waals surface area contributed by atoms with E-state index in [0.29, 0.717) is 11.2 Å². The second kappa shape index (κ2) is 4.47. The van der Waals surface area contributed by atoms with E-state index in [-0.39, 0.29) is 5.82 Å². The van der Waals surface area contributed by atoms with E-state index < -0.39 is 0 Å². The van der Waals surface area contributed by atoms with Crippen LogP contribution in [-0.4, -0.2) is 4.98 Å². The zero-order chi connectivity index (χ0) is 12.7. The Morgan fingerprint density at radius 1 is 1.17 bits per heavy atom. The third-order valence-corrected chi connectivity index (χ3v) is 4.34. The molecule has 2 aromatic carbocycles. The van der Waals surface area contributed by atoms with Gasteiger partial charge in [0.15, 0.2) is 0 Å². The minimum atomic E-state index is -0.269. The molecule has 0 atom stereocenters. The Kier molecular flexibility index (Phi) is 2.95. The van der Waals surface area contributed by atoms with Gasteiger partial charge in [0, 0.05) is 20.9 Å². The van der Waals surface area contributed by atoms with Crippen LogP contribution >= 0.6 is 33.9 Å². The number of aromatic nitrogens is 1. The lowest BCUT2D eigenvalue weighted by Gasteiger charge is -2.01. The lowest BCUT2D eigenvalue weighted by atomic mass is 10.2. The summed E-state index contributed by atoms with van der Waals surface area (Å²) in [5.74, 6) is -0.269. The molecule has 3 rings (SSSR count). The summed E-state index contributed by atoms with van der Waals surface area (Å²) in [6.45, 7) is 0. The third kappa shape index (κ3) is 2.08. The molecule has 1 aromatic heterocycles. The zero-order valence-electron chi connectivity index (χ0n) is 9.15. The van der Waals surface area contributed by atoms with E-state index in [2.05, 4.69) is 27.6 Å². The molecule has 90 valence electrons. The van der Waals surface area contributed by atoms with E-state index in [9.17, 15) is 4.39 Å². The normalized spacial score (nSPS) is 11.0. The van der Waals surface area contributed by atoms with Crippen molar-refractivity contribution in [3.05, 3.63) is 45.8 Å². The molecular weight excluding hydrogens is 362 g/mol. The average Bonchev–Trinajstić information content (AvgIpc) is 2.74. The number of halogens is 2. The Bertz CT molecular complexity index is 739. The highest BCUT2D eigenvalue weighted by Crippen LogP contribution is 2.34. The molecule has 0 radical (unpaired) electrons. The number of nitrogens with zero attached hydrogens (tertiary/aromatic N) is 1. The van der Waals surface area contributed by atoms with Crippen LogP contribution in [0.1, 0.15) is 0 Å². The number of hydrogen-bond donors (Lipinski definition) is 1. The molecule has 1 heterocycles. The molecule has 5 heteroatoms. The molecular formula is C13H8FIN2S. The summed E-state index contributed by atoms with van der Waals surface area (Å²) in [7, 11) is 0. The molecule has 0 amide bonds. The van der Waals surface area contributed by atoms with E-state index in [1.807, 2.05) is 18.2 Å². The molecule has 0 aliphatic rings. The number of benzene rings is 2. The number of nitrogens with two attached hydrogens (primary N) is 1.